The van der Waals surface area contributed by atoms with Gasteiger partial charge in [-0.3, -0.25) is 0 Å². The lowest BCUT2D eigenvalue weighted by atomic mass is 10.0. The molecule has 24 heavy (non-hydrogen) atoms. The normalized spacial score (nSPS) is 23.3. The molecule has 1 atom stereocenters. The molecular weight excluding hydrogens is 304 g/mol. The van der Waals surface area contributed by atoms with Crippen LogP contribution in [-0.2, 0) is 9.47 Å². The number of likely N-dealkylation sites (tertiary alicyclic amines) is 2. The second-order valence-electron chi connectivity index (χ2n) is 8.30. The number of amides is 1. The molecule has 0 aromatic rings. The predicted molar refractivity (Wildman–Crippen MR) is 96.3 cm³/mol. The summed E-state index contributed by atoms with van der Waals surface area (Å²) in [6.07, 6.45) is 5.83. The van der Waals surface area contributed by atoms with E-state index in [0.29, 0.717) is 18.2 Å². The second-order valence-corrected chi connectivity index (χ2v) is 8.30. The summed E-state index contributed by atoms with van der Waals surface area (Å²) in [6.45, 7) is 14.1. The zero-order chi connectivity index (χ0) is 17.7. The van der Waals surface area contributed by atoms with Crippen molar-refractivity contribution in [3.63, 3.8) is 0 Å². The lowest BCUT2D eigenvalue weighted by molar-refractivity contribution is -0.0692. The minimum Gasteiger partial charge on any atom is -0.444 e. The third kappa shape index (κ3) is 5.92. The highest BCUT2D eigenvalue weighted by atomic mass is 16.6. The van der Waals surface area contributed by atoms with Crippen LogP contribution >= 0.6 is 0 Å². The monoisotopic (exact) mass is 340 g/mol. The van der Waals surface area contributed by atoms with Gasteiger partial charge in [-0.2, -0.15) is 0 Å². The Morgan fingerprint density at radius 3 is 2.00 bits per heavy atom. The molecule has 0 aliphatic carbocycles. The Balaban J connectivity index is 1.68. The molecular formula is C19H36N2O3. The first kappa shape index (κ1) is 19.5. The summed E-state index contributed by atoms with van der Waals surface area (Å²) in [4.78, 5) is 16.5. The molecule has 2 rings (SSSR count). The van der Waals surface area contributed by atoms with Crippen LogP contribution in [0.4, 0.5) is 4.79 Å². The lowest BCUT2D eigenvalue weighted by Crippen LogP contribution is -2.46. The van der Waals surface area contributed by atoms with Gasteiger partial charge in [-0.05, 0) is 59.8 Å². The van der Waals surface area contributed by atoms with Crippen LogP contribution in [-0.4, -0.2) is 65.9 Å². The van der Waals surface area contributed by atoms with Gasteiger partial charge in [0.2, 0.25) is 0 Å². The lowest BCUT2D eigenvalue weighted by Gasteiger charge is -2.39. The standard InChI is InChI=1S/C19H36N2O3/c1-6-15(2)20-11-7-16(8-12-20)23-17-9-13-21(14-10-17)18(22)24-19(3,4)5/h15-17H,6-14H2,1-5H3/t15-/m0/s1. The highest BCUT2D eigenvalue weighted by Gasteiger charge is 2.30. The molecule has 0 radical (unpaired) electrons. The van der Waals surface area contributed by atoms with E-state index in [-0.39, 0.29) is 6.09 Å². The molecule has 2 aliphatic rings. The van der Waals surface area contributed by atoms with Crippen LogP contribution in [0.15, 0.2) is 0 Å². The highest BCUT2D eigenvalue weighted by molar-refractivity contribution is 5.68. The molecule has 2 aliphatic heterocycles. The smallest absolute Gasteiger partial charge is 0.410 e. The molecule has 0 saturated carbocycles. The van der Waals surface area contributed by atoms with Gasteiger partial charge in [-0.25, -0.2) is 4.79 Å². The zero-order valence-electron chi connectivity index (χ0n) is 16.2. The summed E-state index contributed by atoms with van der Waals surface area (Å²) in [7, 11) is 0. The van der Waals surface area contributed by atoms with E-state index in [9.17, 15) is 4.79 Å². The number of ether oxygens (including phenoxy) is 2. The average Bonchev–Trinajstić information content (AvgIpc) is 2.54. The molecule has 0 bridgehead atoms. The number of nitrogens with zero attached hydrogens (tertiary/aromatic N) is 2. The van der Waals surface area contributed by atoms with Crippen molar-refractivity contribution in [3.05, 3.63) is 0 Å². The largest absolute Gasteiger partial charge is 0.444 e. The van der Waals surface area contributed by atoms with E-state index in [4.69, 9.17) is 9.47 Å². The van der Waals surface area contributed by atoms with Crippen molar-refractivity contribution < 1.29 is 14.3 Å². The first-order valence-electron chi connectivity index (χ1n) is 9.66. The summed E-state index contributed by atoms with van der Waals surface area (Å²) in [5, 5.41) is 0. The molecule has 0 unspecified atom stereocenters. The topological polar surface area (TPSA) is 42.0 Å². The molecule has 2 fully saturated rings. The fourth-order valence-electron chi connectivity index (χ4n) is 3.48. The molecule has 2 saturated heterocycles. The summed E-state index contributed by atoms with van der Waals surface area (Å²) in [6, 6.07) is 0.683. The summed E-state index contributed by atoms with van der Waals surface area (Å²) in [5.41, 5.74) is -0.423. The van der Waals surface area contributed by atoms with E-state index in [1.807, 2.05) is 25.7 Å². The van der Waals surface area contributed by atoms with Crippen molar-refractivity contribution in [3.8, 4) is 0 Å². The van der Waals surface area contributed by atoms with Crippen molar-refractivity contribution in [2.24, 2.45) is 0 Å². The van der Waals surface area contributed by atoms with Gasteiger partial charge in [0.25, 0.3) is 0 Å². The molecule has 1 amide bonds. The number of rotatable bonds is 4. The quantitative estimate of drug-likeness (QED) is 0.783. The number of carbonyl (C=O) groups excluding carboxylic acids is 1. The highest BCUT2D eigenvalue weighted by Crippen LogP contribution is 2.23. The third-order valence-corrected chi connectivity index (χ3v) is 5.17. The molecule has 5 nitrogen and oxygen atoms in total. The van der Waals surface area contributed by atoms with Gasteiger partial charge in [-0.15, -0.1) is 0 Å². The van der Waals surface area contributed by atoms with E-state index < -0.39 is 5.60 Å². The SMILES string of the molecule is CC[C@H](C)N1CCC(OC2CCN(C(=O)OC(C)(C)C)CC2)CC1. The van der Waals surface area contributed by atoms with Crippen LogP contribution in [0.3, 0.4) is 0 Å². The van der Waals surface area contributed by atoms with Gasteiger partial charge in [0.1, 0.15) is 5.60 Å². The van der Waals surface area contributed by atoms with Crippen molar-refractivity contribution >= 4 is 6.09 Å². The number of hydrogen-bond acceptors (Lipinski definition) is 4. The van der Waals surface area contributed by atoms with Crippen LogP contribution in [0, 0.1) is 0 Å². The van der Waals surface area contributed by atoms with E-state index >= 15 is 0 Å². The number of hydrogen-bond donors (Lipinski definition) is 0. The maximum atomic E-state index is 12.1. The molecule has 0 aromatic heterocycles. The molecule has 5 heteroatoms. The molecule has 0 spiro atoms. The van der Waals surface area contributed by atoms with Crippen LogP contribution in [0.5, 0.6) is 0 Å². The number of carbonyl (C=O) groups is 1. The van der Waals surface area contributed by atoms with Crippen molar-refractivity contribution in [2.75, 3.05) is 26.2 Å². The van der Waals surface area contributed by atoms with Crippen molar-refractivity contribution in [1.82, 2.24) is 9.80 Å². The fraction of sp³-hybridized carbons (Fsp3) is 0.947. The van der Waals surface area contributed by atoms with Crippen LogP contribution < -0.4 is 0 Å². The summed E-state index contributed by atoms with van der Waals surface area (Å²) >= 11 is 0. The minimum atomic E-state index is -0.423. The zero-order valence-corrected chi connectivity index (χ0v) is 16.2. The predicted octanol–water partition coefficient (Wildman–Crippen LogP) is 3.67. The summed E-state index contributed by atoms with van der Waals surface area (Å²) in [5.74, 6) is 0. The van der Waals surface area contributed by atoms with Gasteiger partial charge in [0.05, 0.1) is 12.2 Å². The second kappa shape index (κ2) is 8.52. The van der Waals surface area contributed by atoms with Crippen LogP contribution in [0.1, 0.15) is 66.7 Å². The Kier molecular flexibility index (Phi) is 6.93. The fourth-order valence-corrected chi connectivity index (χ4v) is 3.48. The van der Waals surface area contributed by atoms with Gasteiger partial charge in [0.15, 0.2) is 0 Å². The molecule has 0 N–H and O–H groups in total. The van der Waals surface area contributed by atoms with Crippen molar-refractivity contribution in [1.29, 1.82) is 0 Å². The Hall–Kier alpha value is -0.810. The van der Waals surface area contributed by atoms with E-state index in [2.05, 4.69) is 18.7 Å². The van der Waals surface area contributed by atoms with E-state index in [1.165, 1.54) is 6.42 Å². The maximum Gasteiger partial charge on any atom is 0.410 e. The van der Waals surface area contributed by atoms with Gasteiger partial charge < -0.3 is 19.3 Å². The Labute approximate surface area is 147 Å². The van der Waals surface area contributed by atoms with Crippen LogP contribution in [0.2, 0.25) is 0 Å². The van der Waals surface area contributed by atoms with Gasteiger partial charge in [-0.1, -0.05) is 6.92 Å². The van der Waals surface area contributed by atoms with E-state index in [0.717, 1.165) is 51.9 Å². The Bertz CT molecular complexity index is 392. The minimum absolute atomic E-state index is 0.192. The Morgan fingerprint density at radius 1 is 1.04 bits per heavy atom. The molecule has 0 aromatic carbocycles. The summed E-state index contributed by atoms with van der Waals surface area (Å²) < 4.78 is 11.8. The van der Waals surface area contributed by atoms with E-state index in [1.54, 1.807) is 0 Å². The third-order valence-electron chi connectivity index (χ3n) is 5.17. The maximum absolute atomic E-state index is 12.1. The molecule has 2 heterocycles. The van der Waals surface area contributed by atoms with Gasteiger partial charge >= 0.3 is 6.09 Å². The van der Waals surface area contributed by atoms with Gasteiger partial charge in [0, 0.05) is 32.2 Å². The van der Waals surface area contributed by atoms with Crippen LogP contribution in [0.25, 0.3) is 0 Å². The molecule has 140 valence electrons. The number of piperidine rings is 2. The first-order chi connectivity index (χ1) is 11.3. The Morgan fingerprint density at radius 2 is 1.54 bits per heavy atom. The average molecular weight is 341 g/mol. The first-order valence-corrected chi connectivity index (χ1v) is 9.66. The van der Waals surface area contributed by atoms with Crippen molar-refractivity contribution in [2.45, 2.75) is 90.6 Å².